The highest BCUT2D eigenvalue weighted by Crippen LogP contribution is 2.34. The van der Waals surface area contributed by atoms with Gasteiger partial charge in [-0.25, -0.2) is 0 Å². The van der Waals surface area contributed by atoms with Crippen molar-refractivity contribution < 1.29 is 19.1 Å². The molecular formula is C22H24N2O4. The van der Waals surface area contributed by atoms with Crippen molar-refractivity contribution in [1.82, 2.24) is 10.2 Å². The van der Waals surface area contributed by atoms with Crippen molar-refractivity contribution in [3.63, 3.8) is 0 Å². The highest BCUT2D eigenvalue weighted by atomic mass is 16.7. The van der Waals surface area contributed by atoms with E-state index in [0.717, 1.165) is 23.3 Å². The van der Waals surface area contributed by atoms with Gasteiger partial charge >= 0.3 is 0 Å². The molecule has 0 spiro atoms. The maximum atomic E-state index is 12.9. The predicted octanol–water partition coefficient (Wildman–Crippen LogP) is 2.83. The minimum absolute atomic E-state index is 0.000386. The molecule has 2 heterocycles. The van der Waals surface area contributed by atoms with E-state index in [2.05, 4.69) is 5.32 Å². The minimum atomic E-state index is -0.410. The van der Waals surface area contributed by atoms with Crippen molar-refractivity contribution in [3.05, 3.63) is 59.7 Å². The van der Waals surface area contributed by atoms with Gasteiger partial charge in [0.05, 0.1) is 12.5 Å². The number of rotatable bonds is 5. The second-order valence-corrected chi connectivity index (χ2v) is 7.25. The van der Waals surface area contributed by atoms with Crippen LogP contribution >= 0.6 is 0 Å². The second kappa shape index (κ2) is 7.92. The van der Waals surface area contributed by atoms with E-state index >= 15 is 0 Å². The summed E-state index contributed by atoms with van der Waals surface area (Å²) in [6.07, 6.45) is 1.86. The molecule has 146 valence electrons. The average molecular weight is 380 g/mol. The lowest BCUT2D eigenvalue weighted by Gasteiger charge is -2.26. The summed E-state index contributed by atoms with van der Waals surface area (Å²) in [5.74, 6) is 1.30. The number of nitrogens with one attached hydrogen (secondary N) is 1. The lowest BCUT2D eigenvalue weighted by molar-refractivity contribution is -0.138. The van der Waals surface area contributed by atoms with Crippen LogP contribution in [-0.2, 0) is 16.0 Å². The smallest absolute Gasteiger partial charge is 0.243 e. The first-order valence-electron chi connectivity index (χ1n) is 9.65. The van der Waals surface area contributed by atoms with E-state index in [9.17, 15) is 9.59 Å². The molecule has 0 saturated carbocycles. The molecule has 0 aliphatic carbocycles. The van der Waals surface area contributed by atoms with E-state index in [1.165, 1.54) is 0 Å². The van der Waals surface area contributed by atoms with Crippen molar-refractivity contribution in [3.8, 4) is 11.5 Å². The summed E-state index contributed by atoms with van der Waals surface area (Å²) >= 11 is 0. The summed E-state index contributed by atoms with van der Waals surface area (Å²) < 4.78 is 10.7. The molecule has 2 unspecified atom stereocenters. The number of likely N-dealkylation sites (tertiary alicyclic amines) is 1. The number of carbonyl (C=O) groups is 2. The maximum absolute atomic E-state index is 12.9. The number of nitrogens with zero attached hydrogens (tertiary/aromatic N) is 1. The molecule has 4 rings (SSSR count). The van der Waals surface area contributed by atoms with Crippen LogP contribution < -0.4 is 14.8 Å². The molecule has 2 atom stereocenters. The maximum Gasteiger partial charge on any atom is 0.243 e. The third kappa shape index (κ3) is 3.81. The summed E-state index contributed by atoms with van der Waals surface area (Å²) in [6, 6.07) is 14.7. The van der Waals surface area contributed by atoms with Gasteiger partial charge in [0.2, 0.25) is 18.6 Å². The van der Waals surface area contributed by atoms with E-state index in [0.29, 0.717) is 25.1 Å². The van der Waals surface area contributed by atoms with Gasteiger partial charge in [-0.3, -0.25) is 9.59 Å². The molecule has 0 radical (unpaired) electrons. The van der Waals surface area contributed by atoms with Crippen LogP contribution in [0.4, 0.5) is 0 Å². The van der Waals surface area contributed by atoms with Gasteiger partial charge in [0.15, 0.2) is 11.5 Å². The number of carbonyl (C=O) groups excluding carboxylic acids is 2. The van der Waals surface area contributed by atoms with Crippen molar-refractivity contribution in [1.29, 1.82) is 0 Å². The summed E-state index contributed by atoms with van der Waals surface area (Å²) in [5, 5.41) is 3.05. The van der Waals surface area contributed by atoms with Gasteiger partial charge in [0, 0.05) is 6.54 Å². The van der Waals surface area contributed by atoms with Gasteiger partial charge < -0.3 is 19.7 Å². The average Bonchev–Trinajstić information content (AvgIpc) is 3.37. The van der Waals surface area contributed by atoms with E-state index in [1.807, 2.05) is 55.5 Å². The first-order valence-corrected chi connectivity index (χ1v) is 9.65. The van der Waals surface area contributed by atoms with Gasteiger partial charge in [-0.2, -0.15) is 0 Å². The molecule has 2 aliphatic heterocycles. The first-order chi connectivity index (χ1) is 13.6. The zero-order valence-electron chi connectivity index (χ0n) is 15.9. The highest BCUT2D eigenvalue weighted by molar-refractivity contribution is 5.89. The molecular weight excluding hydrogens is 356 g/mol. The monoisotopic (exact) mass is 380 g/mol. The van der Waals surface area contributed by atoms with Crippen LogP contribution in [0, 0.1) is 0 Å². The Kier molecular flexibility index (Phi) is 5.19. The summed E-state index contributed by atoms with van der Waals surface area (Å²) in [6.45, 7) is 2.78. The normalized spacial score (nSPS) is 18.8. The van der Waals surface area contributed by atoms with Gasteiger partial charge in [0.25, 0.3) is 0 Å². The van der Waals surface area contributed by atoms with Crippen LogP contribution in [0.1, 0.15) is 36.9 Å². The number of hydrogen-bond donors (Lipinski definition) is 1. The molecule has 1 saturated heterocycles. The molecule has 2 aromatic rings. The number of hydrogen-bond acceptors (Lipinski definition) is 4. The Labute approximate surface area is 164 Å². The van der Waals surface area contributed by atoms with Crippen LogP contribution in [-0.4, -0.2) is 36.1 Å². The topological polar surface area (TPSA) is 67.9 Å². The quantitative estimate of drug-likeness (QED) is 0.866. The van der Waals surface area contributed by atoms with Crippen LogP contribution in [0.25, 0.3) is 0 Å². The highest BCUT2D eigenvalue weighted by Gasteiger charge is 2.34. The van der Waals surface area contributed by atoms with Crippen molar-refractivity contribution in [2.24, 2.45) is 0 Å². The van der Waals surface area contributed by atoms with Crippen LogP contribution in [0.5, 0.6) is 11.5 Å². The van der Waals surface area contributed by atoms with E-state index in [1.54, 1.807) is 4.90 Å². The zero-order chi connectivity index (χ0) is 19.5. The molecule has 1 fully saturated rings. The lowest BCUT2D eigenvalue weighted by atomic mass is 10.1. The van der Waals surface area contributed by atoms with E-state index in [4.69, 9.17) is 9.47 Å². The van der Waals surface area contributed by atoms with Crippen LogP contribution in [0.2, 0.25) is 0 Å². The Morgan fingerprint density at radius 1 is 1.14 bits per heavy atom. The Hall–Kier alpha value is -3.02. The first kappa shape index (κ1) is 18.3. The number of fused-ring (bicyclic) bond motifs is 1. The number of ether oxygens (including phenoxy) is 2. The minimum Gasteiger partial charge on any atom is -0.454 e. The van der Waals surface area contributed by atoms with E-state index in [-0.39, 0.29) is 24.6 Å². The van der Waals surface area contributed by atoms with Crippen LogP contribution in [0.3, 0.4) is 0 Å². The summed E-state index contributed by atoms with van der Waals surface area (Å²) in [4.78, 5) is 27.3. The number of benzene rings is 2. The SMILES string of the molecule is CC(NC(=O)C1CCCN1C(=O)Cc1ccccc1)c1ccc2c(c1)OCO2. The molecule has 6 nitrogen and oxygen atoms in total. The Balaban J connectivity index is 1.39. The zero-order valence-corrected chi connectivity index (χ0v) is 15.9. The molecule has 28 heavy (non-hydrogen) atoms. The van der Waals surface area contributed by atoms with Crippen molar-refractivity contribution in [2.75, 3.05) is 13.3 Å². The fourth-order valence-corrected chi connectivity index (χ4v) is 3.79. The molecule has 1 N–H and O–H groups in total. The molecule has 0 bridgehead atoms. The largest absolute Gasteiger partial charge is 0.454 e. The van der Waals surface area contributed by atoms with Crippen molar-refractivity contribution in [2.45, 2.75) is 38.3 Å². The van der Waals surface area contributed by atoms with Gasteiger partial charge in [0.1, 0.15) is 6.04 Å². The summed E-state index contributed by atoms with van der Waals surface area (Å²) in [7, 11) is 0. The Morgan fingerprint density at radius 2 is 1.93 bits per heavy atom. The molecule has 2 aromatic carbocycles. The van der Waals surface area contributed by atoms with Crippen molar-refractivity contribution >= 4 is 11.8 Å². The van der Waals surface area contributed by atoms with Gasteiger partial charge in [-0.1, -0.05) is 36.4 Å². The fraction of sp³-hybridized carbons (Fsp3) is 0.364. The fourth-order valence-electron chi connectivity index (χ4n) is 3.79. The molecule has 6 heteroatoms. The Morgan fingerprint density at radius 3 is 2.75 bits per heavy atom. The molecule has 2 aliphatic rings. The number of amides is 2. The van der Waals surface area contributed by atoms with Crippen LogP contribution in [0.15, 0.2) is 48.5 Å². The van der Waals surface area contributed by atoms with Gasteiger partial charge in [-0.05, 0) is 43.0 Å². The second-order valence-electron chi connectivity index (χ2n) is 7.25. The van der Waals surface area contributed by atoms with E-state index < -0.39 is 6.04 Å². The third-order valence-electron chi connectivity index (χ3n) is 5.33. The third-order valence-corrected chi connectivity index (χ3v) is 5.33. The molecule has 2 amide bonds. The molecule has 0 aromatic heterocycles. The lowest BCUT2D eigenvalue weighted by Crippen LogP contribution is -2.47. The predicted molar refractivity (Wildman–Crippen MR) is 104 cm³/mol. The summed E-state index contributed by atoms with van der Waals surface area (Å²) in [5.41, 5.74) is 1.91. The Bertz CT molecular complexity index is 868. The standard InChI is InChI=1S/C22H24N2O4/c1-15(17-9-10-19-20(13-17)28-14-27-19)23-22(26)18-8-5-11-24(18)21(25)12-16-6-3-2-4-7-16/h2-4,6-7,9-10,13,15,18H,5,8,11-12,14H2,1H3,(H,23,26). The van der Waals surface area contributed by atoms with Gasteiger partial charge in [-0.15, -0.1) is 0 Å².